The fraction of sp³-hybridized carbons (Fsp3) is 0.462. The summed E-state index contributed by atoms with van der Waals surface area (Å²) in [7, 11) is 0. The first kappa shape index (κ1) is 15.0. The highest BCUT2D eigenvalue weighted by Crippen LogP contribution is 2.32. The van der Waals surface area contributed by atoms with Crippen molar-refractivity contribution in [2.45, 2.75) is 19.4 Å². The van der Waals surface area contributed by atoms with Gasteiger partial charge in [-0.1, -0.05) is 12.1 Å². The van der Waals surface area contributed by atoms with Crippen LogP contribution in [-0.2, 0) is 0 Å². The number of piperidine rings is 1. The summed E-state index contributed by atoms with van der Waals surface area (Å²) in [5.74, 6) is -0.130. The van der Waals surface area contributed by atoms with E-state index in [1.165, 1.54) is 6.07 Å². The number of aliphatic hydroxyl groups is 1. The van der Waals surface area contributed by atoms with Gasteiger partial charge < -0.3 is 20.9 Å². The topological polar surface area (TPSA) is 125 Å². The lowest BCUT2D eigenvalue weighted by molar-refractivity contribution is -0.384. The number of rotatable bonds is 3. The van der Waals surface area contributed by atoms with Crippen LogP contribution in [0, 0.1) is 16.0 Å². The number of aliphatic hydroxyl groups excluding tert-OH is 1. The van der Waals surface area contributed by atoms with Crippen LogP contribution in [0.25, 0.3) is 0 Å². The molecule has 0 amide bonds. The summed E-state index contributed by atoms with van der Waals surface area (Å²) >= 11 is 0. The summed E-state index contributed by atoms with van der Waals surface area (Å²) in [6.07, 6.45) is 0.192. The Labute approximate surface area is 121 Å². The van der Waals surface area contributed by atoms with Crippen LogP contribution in [0.3, 0.4) is 0 Å². The van der Waals surface area contributed by atoms with Crippen molar-refractivity contribution in [3.63, 3.8) is 0 Å². The van der Waals surface area contributed by atoms with E-state index in [-0.39, 0.29) is 29.1 Å². The van der Waals surface area contributed by atoms with Crippen molar-refractivity contribution < 1.29 is 15.2 Å². The van der Waals surface area contributed by atoms with Gasteiger partial charge in [-0.3, -0.25) is 10.1 Å². The molecule has 8 heteroatoms. The average molecular weight is 294 g/mol. The van der Waals surface area contributed by atoms with Crippen molar-refractivity contribution in [3.8, 4) is 0 Å². The number of nitro benzene ring substituents is 1. The normalized spacial score (nSPS) is 23.1. The second-order valence-electron chi connectivity index (χ2n) is 5.23. The van der Waals surface area contributed by atoms with Crippen LogP contribution in [0.2, 0.25) is 0 Å². The van der Waals surface area contributed by atoms with Gasteiger partial charge in [-0.2, -0.15) is 0 Å². The van der Waals surface area contributed by atoms with Gasteiger partial charge in [0.15, 0.2) is 5.84 Å². The minimum Gasteiger partial charge on any atom is -0.409 e. The van der Waals surface area contributed by atoms with Gasteiger partial charge >= 0.3 is 0 Å². The molecule has 0 aromatic heterocycles. The SMILES string of the molecule is CC1CN(c2ccc(/C(N)=N/O)cc2[N+](=O)[O-])CCC1O. The summed E-state index contributed by atoms with van der Waals surface area (Å²) in [5, 5.41) is 32.5. The zero-order valence-electron chi connectivity index (χ0n) is 11.6. The summed E-state index contributed by atoms with van der Waals surface area (Å²) in [6, 6.07) is 4.46. The van der Waals surface area contributed by atoms with Gasteiger partial charge in [-0.05, 0) is 24.5 Å². The number of anilines is 1. The van der Waals surface area contributed by atoms with Gasteiger partial charge in [0, 0.05) is 24.7 Å². The number of benzene rings is 1. The molecule has 1 aliphatic heterocycles. The molecule has 0 spiro atoms. The number of hydrogen-bond donors (Lipinski definition) is 3. The lowest BCUT2D eigenvalue weighted by Gasteiger charge is -2.35. The Morgan fingerprint density at radius 2 is 2.29 bits per heavy atom. The molecule has 114 valence electrons. The van der Waals surface area contributed by atoms with Gasteiger partial charge in [0.1, 0.15) is 5.69 Å². The summed E-state index contributed by atoms with van der Waals surface area (Å²) < 4.78 is 0. The Morgan fingerprint density at radius 1 is 1.57 bits per heavy atom. The molecule has 2 rings (SSSR count). The smallest absolute Gasteiger partial charge is 0.293 e. The van der Waals surface area contributed by atoms with Crippen LogP contribution in [0.4, 0.5) is 11.4 Å². The summed E-state index contributed by atoms with van der Waals surface area (Å²) in [5.41, 5.74) is 6.14. The first-order valence-electron chi connectivity index (χ1n) is 6.63. The molecular weight excluding hydrogens is 276 g/mol. The van der Waals surface area contributed by atoms with Crippen LogP contribution in [0.15, 0.2) is 23.4 Å². The van der Waals surface area contributed by atoms with E-state index in [0.29, 0.717) is 25.2 Å². The highest BCUT2D eigenvalue weighted by Gasteiger charge is 2.28. The van der Waals surface area contributed by atoms with Crippen molar-refractivity contribution in [2.75, 3.05) is 18.0 Å². The minimum absolute atomic E-state index is 0.0436. The molecule has 1 aromatic carbocycles. The van der Waals surface area contributed by atoms with Crippen LogP contribution in [0.5, 0.6) is 0 Å². The number of oxime groups is 1. The maximum absolute atomic E-state index is 11.3. The minimum atomic E-state index is -0.487. The predicted molar refractivity (Wildman–Crippen MR) is 77.6 cm³/mol. The van der Waals surface area contributed by atoms with E-state index >= 15 is 0 Å². The molecule has 1 aromatic rings. The molecule has 21 heavy (non-hydrogen) atoms. The van der Waals surface area contributed by atoms with Crippen molar-refractivity contribution in [1.82, 2.24) is 0 Å². The molecule has 1 fully saturated rings. The van der Waals surface area contributed by atoms with E-state index in [1.807, 2.05) is 11.8 Å². The third-order valence-corrected chi connectivity index (χ3v) is 3.78. The molecule has 0 bridgehead atoms. The largest absolute Gasteiger partial charge is 0.409 e. The first-order valence-corrected chi connectivity index (χ1v) is 6.63. The number of nitrogens with zero attached hydrogens (tertiary/aromatic N) is 3. The molecule has 2 atom stereocenters. The van der Waals surface area contributed by atoms with Crippen LogP contribution in [-0.4, -0.2) is 40.3 Å². The third kappa shape index (κ3) is 3.05. The predicted octanol–water partition coefficient (Wildman–Crippen LogP) is 0.896. The van der Waals surface area contributed by atoms with Gasteiger partial charge in [0.25, 0.3) is 5.69 Å². The zero-order valence-corrected chi connectivity index (χ0v) is 11.6. The second-order valence-corrected chi connectivity index (χ2v) is 5.23. The van der Waals surface area contributed by atoms with Gasteiger partial charge in [0.2, 0.25) is 0 Å². The van der Waals surface area contributed by atoms with Crippen LogP contribution >= 0.6 is 0 Å². The lowest BCUT2D eigenvalue weighted by atomic mass is 9.96. The quantitative estimate of drug-likeness (QED) is 0.250. The zero-order chi connectivity index (χ0) is 15.6. The molecule has 4 N–H and O–H groups in total. The molecule has 1 heterocycles. The van der Waals surface area contributed by atoms with E-state index in [9.17, 15) is 15.2 Å². The monoisotopic (exact) mass is 294 g/mol. The van der Waals surface area contributed by atoms with E-state index in [0.717, 1.165) is 0 Å². The molecule has 8 nitrogen and oxygen atoms in total. The van der Waals surface area contributed by atoms with Gasteiger partial charge in [-0.15, -0.1) is 0 Å². The molecular formula is C13H18N4O4. The Kier molecular flexibility index (Phi) is 4.27. The number of nitrogens with two attached hydrogens (primary N) is 1. The molecule has 1 saturated heterocycles. The van der Waals surface area contributed by atoms with Gasteiger partial charge in [0.05, 0.1) is 11.0 Å². The molecule has 0 radical (unpaired) electrons. The number of hydrogen-bond acceptors (Lipinski definition) is 6. The number of amidine groups is 1. The summed E-state index contributed by atoms with van der Waals surface area (Å²) in [4.78, 5) is 12.7. The Bertz CT molecular complexity index is 575. The Hall–Kier alpha value is -2.35. The van der Waals surface area contributed by atoms with Crippen molar-refractivity contribution in [1.29, 1.82) is 0 Å². The highest BCUT2D eigenvalue weighted by molar-refractivity contribution is 5.98. The third-order valence-electron chi connectivity index (χ3n) is 3.78. The highest BCUT2D eigenvalue weighted by atomic mass is 16.6. The van der Waals surface area contributed by atoms with Gasteiger partial charge in [-0.25, -0.2) is 0 Å². The van der Waals surface area contributed by atoms with E-state index in [2.05, 4.69) is 5.16 Å². The van der Waals surface area contributed by atoms with E-state index < -0.39 is 4.92 Å². The second kappa shape index (κ2) is 5.96. The maximum atomic E-state index is 11.3. The summed E-state index contributed by atoms with van der Waals surface area (Å²) in [6.45, 7) is 3.01. The van der Waals surface area contributed by atoms with Crippen molar-refractivity contribution >= 4 is 17.2 Å². The standard InChI is InChI=1S/C13H18N4O4/c1-8-7-16(5-4-12(8)18)10-3-2-9(13(14)15-19)6-11(10)17(20)21/h2-3,6,8,12,18-19H,4-5,7H2,1H3,(H2,14,15). The molecule has 0 aliphatic carbocycles. The molecule has 1 aliphatic rings. The van der Waals surface area contributed by atoms with Crippen molar-refractivity contribution in [3.05, 3.63) is 33.9 Å². The Balaban J connectivity index is 2.37. The van der Waals surface area contributed by atoms with Crippen LogP contribution in [0.1, 0.15) is 18.9 Å². The van der Waals surface area contributed by atoms with Crippen LogP contribution < -0.4 is 10.6 Å². The molecule has 2 unspecified atom stereocenters. The fourth-order valence-corrected chi connectivity index (χ4v) is 2.51. The number of nitro groups is 1. The van der Waals surface area contributed by atoms with E-state index in [1.54, 1.807) is 12.1 Å². The van der Waals surface area contributed by atoms with Crippen molar-refractivity contribution in [2.24, 2.45) is 16.8 Å². The average Bonchev–Trinajstić information content (AvgIpc) is 2.48. The lowest BCUT2D eigenvalue weighted by Crippen LogP contribution is -2.42. The Morgan fingerprint density at radius 3 is 2.86 bits per heavy atom. The molecule has 0 saturated carbocycles. The first-order chi connectivity index (χ1) is 9.93. The van der Waals surface area contributed by atoms with E-state index in [4.69, 9.17) is 10.9 Å². The fourth-order valence-electron chi connectivity index (χ4n) is 2.51. The maximum Gasteiger partial charge on any atom is 0.293 e.